The molecule has 4 nitrogen and oxygen atoms in total. The van der Waals surface area contributed by atoms with Gasteiger partial charge in [0.05, 0.1) is 4.91 Å². The summed E-state index contributed by atoms with van der Waals surface area (Å²) >= 11 is 1.72. The van der Waals surface area contributed by atoms with Crippen molar-refractivity contribution in [3.63, 3.8) is 0 Å². The number of amides is 2. The van der Waals surface area contributed by atoms with E-state index in [0.29, 0.717) is 23.9 Å². The van der Waals surface area contributed by atoms with Gasteiger partial charge in [0.1, 0.15) is 5.82 Å². The van der Waals surface area contributed by atoms with Gasteiger partial charge in [0, 0.05) is 29.9 Å². The summed E-state index contributed by atoms with van der Waals surface area (Å²) in [6, 6.07) is 20.1. The third-order valence-corrected chi connectivity index (χ3v) is 8.90. The summed E-state index contributed by atoms with van der Waals surface area (Å²) in [6.45, 7) is 5.18. The van der Waals surface area contributed by atoms with Crippen LogP contribution in [0.5, 0.6) is 0 Å². The molecule has 2 aliphatic rings. The van der Waals surface area contributed by atoms with Crippen molar-refractivity contribution in [1.82, 2.24) is 10.2 Å². The van der Waals surface area contributed by atoms with Crippen molar-refractivity contribution < 1.29 is 14.0 Å². The van der Waals surface area contributed by atoms with Crippen LogP contribution in [0.3, 0.4) is 0 Å². The second-order valence-electron chi connectivity index (χ2n) is 10.3. The highest BCUT2D eigenvalue weighted by Gasteiger charge is 2.40. The fourth-order valence-corrected chi connectivity index (χ4v) is 6.76. The Morgan fingerprint density at radius 2 is 1.76 bits per heavy atom. The number of halogens is 1. The van der Waals surface area contributed by atoms with Crippen LogP contribution in [-0.4, -0.2) is 28.0 Å². The Kier molecular flexibility index (Phi) is 7.98. The van der Waals surface area contributed by atoms with Gasteiger partial charge in [-0.1, -0.05) is 60.9 Å². The highest BCUT2D eigenvalue weighted by Crippen LogP contribution is 2.43. The molecule has 2 amide bonds. The minimum absolute atomic E-state index is 0.0974. The van der Waals surface area contributed by atoms with Crippen molar-refractivity contribution in [3.05, 3.63) is 111 Å². The van der Waals surface area contributed by atoms with Gasteiger partial charge >= 0.3 is 0 Å². The highest BCUT2D eigenvalue weighted by molar-refractivity contribution is 8.04. The Morgan fingerprint density at radius 1 is 1.03 bits per heavy atom. The fraction of sp³-hybridized carbons (Fsp3) is 0.312. The molecule has 0 bridgehead atoms. The van der Waals surface area contributed by atoms with Gasteiger partial charge in [-0.2, -0.15) is 0 Å². The molecule has 38 heavy (non-hydrogen) atoms. The Morgan fingerprint density at radius 3 is 2.53 bits per heavy atom. The molecule has 1 saturated carbocycles. The molecule has 0 spiro atoms. The molecule has 1 aliphatic heterocycles. The first kappa shape index (κ1) is 26.2. The van der Waals surface area contributed by atoms with Crippen LogP contribution in [0, 0.1) is 19.7 Å². The zero-order chi connectivity index (χ0) is 26.6. The quantitative estimate of drug-likeness (QED) is 0.358. The lowest BCUT2D eigenvalue weighted by Gasteiger charge is -2.44. The van der Waals surface area contributed by atoms with Crippen molar-refractivity contribution in [1.29, 1.82) is 0 Å². The predicted molar refractivity (Wildman–Crippen MR) is 152 cm³/mol. The molecule has 6 heteroatoms. The van der Waals surface area contributed by atoms with Gasteiger partial charge in [0.2, 0.25) is 0 Å². The summed E-state index contributed by atoms with van der Waals surface area (Å²) < 4.78 is 13.1. The molecular formula is C32H33FN2O2S. The zero-order valence-corrected chi connectivity index (χ0v) is 22.7. The normalized spacial score (nSPS) is 20.3. The molecule has 196 valence electrons. The van der Waals surface area contributed by atoms with E-state index < -0.39 is 0 Å². The van der Waals surface area contributed by atoms with E-state index >= 15 is 0 Å². The van der Waals surface area contributed by atoms with E-state index in [1.165, 1.54) is 41.7 Å². The molecule has 3 aromatic carbocycles. The van der Waals surface area contributed by atoms with Crippen LogP contribution in [0.4, 0.5) is 4.39 Å². The van der Waals surface area contributed by atoms with Crippen LogP contribution in [0.2, 0.25) is 0 Å². The molecule has 0 radical (unpaired) electrons. The number of nitrogens with zero attached hydrogens (tertiary/aromatic N) is 1. The lowest BCUT2D eigenvalue weighted by molar-refractivity contribution is -0.130. The van der Waals surface area contributed by atoms with Crippen LogP contribution < -0.4 is 5.32 Å². The Hall–Kier alpha value is -3.38. The van der Waals surface area contributed by atoms with Crippen LogP contribution in [-0.2, 0) is 17.9 Å². The standard InChI is InChI=1S/C32H33FN2O2S/c1-21-7-8-22(2)26(17-21)20-35-28-5-3-4-6-29(28)38-30(32(35)37)18-23-9-13-25(14-10-23)31(36)34-19-24-11-15-27(33)16-12-24/h7-18,28-29H,3-6,19-20H2,1-2H3,(H,34,36)/b30-18-. The largest absolute Gasteiger partial charge is 0.348 e. The average Bonchev–Trinajstić information content (AvgIpc) is 2.93. The monoisotopic (exact) mass is 528 g/mol. The van der Waals surface area contributed by atoms with Gasteiger partial charge in [-0.15, -0.1) is 11.8 Å². The van der Waals surface area contributed by atoms with Crippen molar-refractivity contribution in [2.45, 2.75) is 63.9 Å². The molecule has 1 aliphatic carbocycles. The van der Waals surface area contributed by atoms with Gasteiger partial charge in [-0.05, 0) is 79.3 Å². The molecule has 2 atom stereocenters. The third kappa shape index (κ3) is 6.02. The predicted octanol–water partition coefficient (Wildman–Crippen LogP) is 6.80. The number of nitrogens with one attached hydrogen (secondary N) is 1. The van der Waals surface area contributed by atoms with E-state index in [2.05, 4.69) is 42.3 Å². The van der Waals surface area contributed by atoms with Crippen LogP contribution in [0.1, 0.15) is 63.9 Å². The summed E-state index contributed by atoms with van der Waals surface area (Å²) in [5.41, 5.74) is 5.91. The number of hydrogen-bond donors (Lipinski definition) is 1. The Labute approximate surface area is 228 Å². The highest BCUT2D eigenvalue weighted by atomic mass is 32.2. The molecule has 0 aromatic heterocycles. The molecular weight excluding hydrogens is 495 g/mol. The molecule has 2 unspecified atom stereocenters. The van der Waals surface area contributed by atoms with Gasteiger partial charge in [-0.25, -0.2) is 4.39 Å². The first-order valence-electron chi connectivity index (χ1n) is 13.3. The van der Waals surface area contributed by atoms with Crippen molar-refractivity contribution in [2.75, 3.05) is 0 Å². The summed E-state index contributed by atoms with van der Waals surface area (Å²) in [5, 5.41) is 3.28. The first-order chi connectivity index (χ1) is 18.4. The number of rotatable bonds is 6. The molecule has 5 rings (SSSR count). The number of aryl methyl sites for hydroxylation is 2. The molecule has 3 aromatic rings. The van der Waals surface area contributed by atoms with Crippen molar-refractivity contribution >= 4 is 29.7 Å². The number of fused-ring (bicyclic) bond motifs is 1. The number of carbonyl (C=O) groups excluding carboxylic acids is 2. The summed E-state index contributed by atoms with van der Waals surface area (Å²) in [4.78, 5) is 29.2. The maximum absolute atomic E-state index is 13.8. The van der Waals surface area contributed by atoms with Gasteiger partial charge in [0.15, 0.2) is 0 Å². The van der Waals surface area contributed by atoms with Crippen molar-refractivity contribution in [3.8, 4) is 0 Å². The number of thioether (sulfide) groups is 1. The van der Waals surface area contributed by atoms with Crippen LogP contribution in [0.15, 0.2) is 71.6 Å². The number of benzene rings is 3. The SMILES string of the molecule is Cc1ccc(C)c(CN2C(=O)/C(=C/c3ccc(C(=O)NCc4ccc(F)cc4)cc3)SC3CCCCC32)c1. The average molecular weight is 529 g/mol. The van der Waals surface area contributed by atoms with E-state index in [-0.39, 0.29) is 23.7 Å². The summed E-state index contributed by atoms with van der Waals surface area (Å²) in [5.74, 6) is -0.395. The van der Waals surface area contributed by atoms with E-state index in [1.54, 1.807) is 36.0 Å². The van der Waals surface area contributed by atoms with E-state index in [4.69, 9.17) is 0 Å². The van der Waals surface area contributed by atoms with E-state index in [1.807, 2.05) is 18.2 Å². The smallest absolute Gasteiger partial charge is 0.260 e. The maximum Gasteiger partial charge on any atom is 0.260 e. The van der Waals surface area contributed by atoms with E-state index in [0.717, 1.165) is 28.9 Å². The molecule has 1 heterocycles. The van der Waals surface area contributed by atoms with Gasteiger partial charge < -0.3 is 10.2 Å². The second-order valence-corrected chi connectivity index (χ2v) is 11.6. The Balaban J connectivity index is 1.31. The lowest BCUT2D eigenvalue weighted by atomic mass is 9.92. The molecule has 1 saturated heterocycles. The molecule has 2 fully saturated rings. The van der Waals surface area contributed by atoms with Gasteiger partial charge in [0.25, 0.3) is 11.8 Å². The second kappa shape index (κ2) is 11.6. The molecule has 1 N–H and O–H groups in total. The minimum atomic E-state index is -0.299. The fourth-order valence-electron chi connectivity index (χ4n) is 5.28. The van der Waals surface area contributed by atoms with Crippen molar-refractivity contribution in [2.24, 2.45) is 0 Å². The van der Waals surface area contributed by atoms with Crippen LogP contribution >= 0.6 is 11.8 Å². The minimum Gasteiger partial charge on any atom is -0.348 e. The number of hydrogen-bond acceptors (Lipinski definition) is 3. The first-order valence-corrected chi connectivity index (χ1v) is 14.1. The zero-order valence-electron chi connectivity index (χ0n) is 21.9. The summed E-state index contributed by atoms with van der Waals surface area (Å²) in [7, 11) is 0. The maximum atomic E-state index is 13.8. The van der Waals surface area contributed by atoms with Crippen LogP contribution in [0.25, 0.3) is 6.08 Å². The van der Waals surface area contributed by atoms with E-state index in [9.17, 15) is 14.0 Å². The topological polar surface area (TPSA) is 49.4 Å². The number of carbonyl (C=O) groups is 2. The third-order valence-electron chi connectivity index (χ3n) is 7.50. The summed E-state index contributed by atoms with van der Waals surface area (Å²) in [6.07, 6.45) is 6.52. The van der Waals surface area contributed by atoms with Gasteiger partial charge in [-0.3, -0.25) is 9.59 Å². The Bertz CT molecular complexity index is 1350. The lowest BCUT2D eigenvalue weighted by Crippen LogP contribution is -2.50.